The van der Waals surface area contributed by atoms with Gasteiger partial charge in [-0.3, -0.25) is 4.79 Å². The Morgan fingerprint density at radius 2 is 2.19 bits per heavy atom. The number of hydrogen-bond acceptors (Lipinski definition) is 6. The van der Waals surface area contributed by atoms with Crippen molar-refractivity contribution in [3.63, 3.8) is 0 Å². The van der Waals surface area contributed by atoms with Crippen LogP contribution in [0, 0.1) is 0 Å². The Hall–Kier alpha value is -2.24. The summed E-state index contributed by atoms with van der Waals surface area (Å²) in [6.45, 7) is -0.0520. The number of anilines is 1. The van der Waals surface area contributed by atoms with Crippen molar-refractivity contribution in [2.45, 2.75) is 0 Å². The average Bonchev–Trinajstić information content (AvgIpc) is 2.75. The molecule has 0 amide bonds. The molecular formula is C10H9NO5. The van der Waals surface area contributed by atoms with Crippen molar-refractivity contribution in [2.75, 3.05) is 19.6 Å². The zero-order valence-corrected chi connectivity index (χ0v) is 8.48. The first kappa shape index (κ1) is 10.3. The summed E-state index contributed by atoms with van der Waals surface area (Å²) in [5.74, 6) is -0.241. The second-order valence-corrected chi connectivity index (χ2v) is 3.10. The molecule has 0 unspecified atom stereocenters. The summed E-state index contributed by atoms with van der Waals surface area (Å²) in [7, 11) is 1.23. The van der Waals surface area contributed by atoms with E-state index in [0.717, 1.165) is 0 Å². The van der Waals surface area contributed by atoms with Crippen LogP contribution in [0.4, 0.5) is 5.69 Å². The van der Waals surface area contributed by atoms with Crippen molar-refractivity contribution in [3.8, 4) is 11.5 Å². The Balaban J connectivity index is 2.67. The van der Waals surface area contributed by atoms with Crippen LogP contribution in [-0.2, 0) is 4.74 Å². The van der Waals surface area contributed by atoms with E-state index in [-0.39, 0.29) is 35.1 Å². The number of carbonyl (C=O) groups excluding carboxylic acids is 2. The minimum atomic E-state index is -0.628. The van der Waals surface area contributed by atoms with Crippen LogP contribution >= 0.6 is 0 Å². The van der Waals surface area contributed by atoms with Gasteiger partial charge in [-0.1, -0.05) is 0 Å². The molecule has 1 aliphatic heterocycles. The van der Waals surface area contributed by atoms with Gasteiger partial charge in [-0.2, -0.15) is 0 Å². The fourth-order valence-electron chi connectivity index (χ4n) is 1.52. The largest absolute Gasteiger partial charge is 0.465 e. The molecule has 0 aromatic heterocycles. The Morgan fingerprint density at radius 3 is 2.81 bits per heavy atom. The summed E-state index contributed by atoms with van der Waals surface area (Å²) in [6, 6.07) is 1.35. The highest BCUT2D eigenvalue weighted by molar-refractivity contribution is 6.01. The standard InChI is InChI=1S/C10H9NO5/c1-14-10(13)7-6(11)2-5(3-12)8-9(7)16-4-15-8/h2-3H,4,11H2,1H3. The minimum absolute atomic E-state index is 0.0520. The van der Waals surface area contributed by atoms with Crippen LogP contribution in [0.5, 0.6) is 11.5 Å². The molecule has 2 N–H and O–H groups in total. The van der Waals surface area contributed by atoms with Gasteiger partial charge in [-0.25, -0.2) is 4.79 Å². The van der Waals surface area contributed by atoms with Crippen LogP contribution in [0.1, 0.15) is 20.7 Å². The summed E-state index contributed by atoms with van der Waals surface area (Å²) < 4.78 is 14.8. The van der Waals surface area contributed by atoms with Crippen LogP contribution in [0.2, 0.25) is 0 Å². The van der Waals surface area contributed by atoms with Gasteiger partial charge in [0.05, 0.1) is 18.4 Å². The van der Waals surface area contributed by atoms with Crippen molar-refractivity contribution in [1.29, 1.82) is 0 Å². The van der Waals surface area contributed by atoms with E-state index >= 15 is 0 Å². The average molecular weight is 223 g/mol. The number of fused-ring (bicyclic) bond motifs is 1. The monoisotopic (exact) mass is 223 g/mol. The van der Waals surface area contributed by atoms with Crippen molar-refractivity contribution >= 4 is 17.9 Å². The fraction of sp³-hybridized carbons (Fsp3) is 0.200. The molecule has 0 aliphatic carbocycles. The maximum Gasteiger partial charge on any atom is 0.343 e. The summed E-state index contributed by atoms with van der Waals surface area (Å²) in [5, 5.41) is 0. The second kappa shape index (κ2) is 3.73. The first-order valence-electron chi connectivity index (χ1n) is 4.44. The van der Waals surface area contributed by atoms with Gasteiger partial charge in [0.1, 0.15) is 5.56 Å². The topological polar surface area (TPSA) is 87.9 Å². The quantitative estimate of drug-likeness (QED) is 0.448. The van der Waals surface area contributed by atoms with Crippen LogP contribution in [0.3, 0.4) is 0 Å². The molecule has 84 valence electrons. The highest BCUT2D eigenvalue weighted by Crippen LogP contribution is 2.41. The lowest BCUT2D eigenvalue weighted by Crippen LogP contribution is -2.08. The molecule has 0 atom stereocenters. The van der Waals surface area contributed by atoms with E-state index in [1.54, 1.807) is 0 Å². The summed E-state index contributed by atoms with van der Waals surface area (Å²) in [6.07, 6.45) is 0.588. The number of methoxy groups -OCH3 is 1. The lowest BCUT2D eigenvalue weighted by atomic mass is 10.1. The predicted octanol–water partition coefficient (Wildman–Crippen LogP) is 0.597. The number of nitrogens with two attached hydrogens (primary N) is 1. The third-order valence-electron chi connectivity index (χ3n) is 2.22. The van der Waals surface area contributed by atoms with Gasteiger partial charge in [0.2, 0.25) is 6.79 Å². The Labute approximate surface area is 90.9 Å². The molecular weight excluding hydrogens is 214 g/mol. The zero-order chi connectivity index (χ0) is 11.7. The normalized spacial score (nSPS) is 12.3. The molecule has 0 saturated carbocycles. The number of benzene rings is 1. The van der Waals surface area contributed by atoms with E-state index in [4.69, 9.17) is 15.2 Å². The third kappa shape index (κ3) is 1.35. The summed E-state index contributed by atoms with van der Waals surface area (Å²) >= 11 is 0. The number of rotatable bonds is 2. The van der Waals surface area contributed by atoms with Gasteiger partial charge in [-0.15, -0.1) is 0 Å². The van der Waals surface area contributed by atoms with Gasteiger partial charge >= 0.3 is 5.97 Å². The van der Waals surface area contributed by atoms with E-state index in [0.29, 0.717) is 6.29 Å². The molecule has 6 nitrogen and oxygen atoms in total. The van der Waals surface area contributed by atoms with Gasteiger partial charge in [0.25, 0.3) is 0 Å². The van der Waals surface area contributed by atoms with Gasteiger partial charge in [0, 0.05) is 0 Å². The van der Waals surface area contributed by atoms with Gasteiger partial charge in [0.15, 0.2) is 17.8 Å². The fourth-order valence-corrected chi connectivity index (χ4v) is 1.52. The SMILES string of the molecule is COC(=O)c1c(N)cc(C=O)c2c1OCO2. The highest BCUT2D eigenvalue weighted by Gasteiger charge is 2.28. The minimum Gasteiger partial charge on any atom is -0.465 e. The number of esters is 1. The molecule has 16 heavy (non-hydrogen) atoms. The molecule has 1 heterocycles. The maximum atomic E-state index is 11.5. The van der Waals surface area contributed by atoms with E-state index < -0.39 is 5.97 Å². The molecule has 0 radical (unpaired) electrons. The van der Waals surface area contributed by atoms with Crippen molar-refractivity contribution in [2.24, 2.45) is 0 Å². The third-order valence-corrected chi connectivity index (χ3v) is 2.22. The highest BCUT2D eigenvalue weighted by atomic mass is 16.7. The number of nitrogen functional groups attached to an aromatic ring is 1. The number of hydrogen-bond donors (Lipinski definition) is 1. The number of carbonyl (C=O) groups is 2. The number of aldehydes is 1. The van der Waals surface area contributed by atoms with E-state index in [1.807, 2.05) is 0 Å². The Morgan fingerprint density at radius 1 is 1.50 bits per heavy atom. The van der Waals surface area contributed by atoms with Crippen LogP contribution < -0.4 is 15.2 Å². The Kier molecular flexibility index (Phi) is 2.40. The first-order chi connectivity index (χ1) is 7.69. The van der Waals surface area contributed by atoms with E-state index in [1.165, 1.54) is 13.2 Å². The van der Waals surface area contributed by atoms with E-state index in [2.05, 4.69) is 4.74 Å². The van der Waals surface area contributed by atoms with Crippen LogP contribution in [-0.4, -0.2) is 26.2 Å². The lowest BCUT2D eigenvalue weighted by Gasteiger charge is -2.08. The molecule has 0 saturated heterocycles. The zero-order valence-electron chi connectivity index (χ0n) is 8.48. The predicted molar refractivity (Wildman–Crippen MR) is 53.7 cm³/mol. The van der Waals surface area contributed by atoms with E-state index in [9.17, 15) is 9.59 Å². The maximum absolute atomic E-state index is 11.5. The molecule has 0 spiro atoms. The molecule has 0 fully saturated rings. The molecule has 6 heteroatoms. The van der Waals surface area contributed by atoms with Crippen molar-refractivity contribution in [1.82, 2.24) is 0 Å². The molecule has 0 bridgehead atoms. The van der Waals surface area contributed by atoms with Crippen LogP contribution in [0.15, 0.2) is 6.07 Å². The smallest absolute Gasteiger partial charge is 0.343 e. The molecule has 1 aromatic rings. The Bertz CT molecular complexity index is 469. The second-order valence-electron chi connectivity index (χ2n) is 3.10. The van der Waals surface area contributed by atoms with Gasteiger partial charge < -0.3 is 19.9 Å². The summed E-state index contributed by atoms with van der Waals surface area (Å²) in [5.41, 5.74) is 6.11. The molecule has 1 aliphatic rings. The van der Waals surface area contributed by atoms with Crippen molar-refractivity contribution < 1.29 is 23.8 Å². The lowest BCUT2D eigenvalue weighted by molar-refractivity contribution is 0.0597. The van der Waals surface area contributed by atoms with Crippen molar-refractivity contribution in [3.05, 3.63) is 17.2 Å². The molecule has 2 rings (SSSR count). The number of ether oxygens (including phenoxy) is 3. The van der Waals surface area contributed by atoms with Gasteiger partial charge in [-0.05, 0) is 6.07 Å². The van der Waals surface area contributed by atoms with Crippen LogP contribution in [0.25, 0.3) is 0 Å². The first-order valence-corrected chi connectivity index (χ1v) is 4.44. The summed E-state index contributed by atoms with van der Waals surface area (Å²) in [4.78, 5) is 22.2. The molecule has 1 aromatic carbocycles.